The minimum atomic E-state index is -1.30. The first kappa shape index (κ1) is 25.1. The second kappa shape index (κ2) is 9.02. The zero-order chi connectivity index (χ0) is 23.2. The molecule has 2 aliphatic rings. The maximum absolute atomic E-state index is 13.6. The molecule has 0 aliphatic heterocycles. The summed E-state index contributed by atoms with van der Waals surface area (Å²) in [7, 11) is 1.81. The van der Waals surface area contributed by atoms with E-state index in [4.69, 9.17) is 9.47 Å². The molecule has 0 aromatic heterocycles. The first-order chi connectivity index (χ1) is 14.4. The number of hydrogen-bond acceptors (Lipinski definition) is 4. The van der Waals surface area contributed by atoms with Crippen LogP contribution in [-0.2, 0) is 32.8 Å². The van der Waals surface area contributed by atoms with E-state index < -0.39 is 21.6 Å². The average molecular weight is 513 g/mol. The molecule has 6 atom stereocenters. The van der Waals surface area contributed by atoms with E-state index in [-0.39, 0.29) is 11.5 Å². The molecule has 0 amide bonds. The Morgan fingerprint density at radius 3 is 2.42 bits per heavy atom. The van der Waals surface area contributed by atoms with E-state index in [1.807, 2.05) is 34.8 Å². The predicted molar refractivity (Wildman–Crippen MR) is 132 cm³/mol. The minimum absolute atomic E-state index is 0.197. The highest BCUT2D eigenvalue weighted by molar-refractivity contribution is 9.10. The van der Waals surface area contributed by atoms with Crippen molar-refractivity contribution in [2.45, 2.75) is 77.2 Å². The summed E-state index contributed by atoms with van der Waals surface area (Å²) in [5.41, 5.74) is 1.48. The monoisotopic (exact) mass is 511 g/mol. The van der Waals surface area contributed by atoms with Gasteiger partial charge >= 0.3 is 0 Å². The van der Waals surface area contributed by atoms with Crippen LogP contribution in [0.5, 0.6) is 0 Å². The summed E-state index contributed by atoms with van der Waals surface area (Å²) in [5.74, 6) is 1.40. The lowest BCUT2D eigenvalue weighted by Crippen LogP contribution is -2.62. The van der Waals surface area contributed by atoms with Gasteiger partial charge < -0.3 is 14.0 Å². The highest BCUT2D eigenvalue weighted by atomic mass is 79.9. The van der Waals surface area contributed by atoms with Crippen LogP contribution in [0.4, 0.5) is 0 Å². The summed E-state index contributed by atoms with van der Waals surface area (Å²) in [4.78, 5) is 0. The molecule has 1 spiro atoms. The SMILES string of the molecule is C=C(OCC)[C@@]1(N[S@@+]([O-])C(C)(C)C)c2cc(Br)ccc2C[C@@]12C[C@@H](C)[C@H](OC)[C@@H](C)C2. The van der Waals surface area contributed by atoms with Crippen LogP contribution in [0.1, 0.15) is 65.5 Å². The largest absolute Gasteiger partial charge is 0.598 e. The van der Waals surface area contributed by atoms with Gasteiger partial charge in [0.15, 0.2) is 5.54 Å². The van der Waals surface area contributed by atoms with Crippen LogP contribution < -0.4 is 4.72 Å². The van der Waals surface area contributed by atoms with Crippen LogP contribution in [0.15, 0.2) is 35.0 Å². The zero-order valence-electron chi connectivity index (χ0n) is 20.0. The van der Waals surface area contributed by atoms with Gasteiger partial charge in [-0.1, -0.05) is 42.4 Å². The summed E-state index contributed by atoms with van der Waals surface area (Å²) < 4.78 is 29.8. The first-order valence-electron chi connectivity index (χ1n) is 11.3. The van der Waals surface area contributed by atoms with Crippen molar-refractivity contribution in [2.24, 2.45) is 17.3 Å². The molecule has 1 saturated carbocycles. The third kappa shape index (κ3) is 4.23. The molecular weight excluding hydrogens is 474 g/mol. The summed E-state index contributed by atoms with van der Waals surface area (Å²) >= 11 is 2.37. The molecule has 1 aromatic carbocycles. The highest BCUT2D eigenvalue weighted by Gasteiger charge is 2.65. The molecule has 31 heavy (non-hydrogen) atoms. The fourth-order valence-electron chi connectivity index (χ4n) is 6.10. The standard InChI is InChI=1S/C25H38BrNO3S/c1-9-30-18(4)25(27-31(28)23(5,6)7)21-12-20(26)11-10-19(21)15-24(25)13-16(2)22(29-8)17(3)14-24/h10-12,16-17,22,27H,4,9,13-15H2,1-3,5-8H3/t16-,17+,22+,24+,25-,31+/m1/s1. The van der Waals surface area contributed by atoms with Crippen LogP contribution in [0.2, 0.25) is 0 Å². The van der Waals surface area contributed by atoms with Crippen molar-refractivity contribution in [3.8, 4) is 0 Å². The van der Waals surface area contributed by atoms with Crippen molar-refractivity contribution in [2.75, 3.05) is 13.7 Å². The zero-order valence-corrected chi connectivity index (χ0v) is 22.4. The Morgan fingerprint density at radius 2 is 1.90 bits per heavy atom. The number of benzene rings is 1. The second-order valence-electron chi connectivity index (χ2n) is 10.4. The summed E-state index contributed by atoms with van der Waals surface area (Å²) in [6.45, 7) is 17.5. The van der Waals surface area contributed by atoms with E-state index in [0.29, 0.717) is 24.2 Å². The number of rotatable bonds is 6. The van der Waals surface area contributed by atoms with E-state index in [0.717, 1.165) is 29.3 Å². The summed E-state index contributed by atoms with van der Waals surface area (Å²) in [6.07, 6.45) is 3.01. The second-order valence-corrected chi connectivity index (χ2v) is 13.3. The van der Waals surface area contributed by atoms with Crippen LogP contribution in [0, 0.1) is 17.3 Å². The number of nitrogens with one attached hydrogen (secondary N) is 1. The van der Waals surface area contributed by atoms with Crippen molar-refractivity contribution >= 4 is 27.3 Å². The molecule has 0 saturated heterocycles. The normalized spacial score (nSPS) is 33.9. The number of halogens is 1. The average Bonchev–Trinajstić information content (AvgIpc) is 2.90. The smallest absolute Gasteiger partial charge is 0.151 e. The van der Waals surface area contributed by atoms with Gasteiger partial charge in [-0.3, -0.25) is 0 Å². The van der Waals surface area contributed by atoms with Crippen LogP contribution in [0.3, 0.4) is 0 Å². The van der Waals surface area contributed by atoms with Crippen LogP contribution >= 0.6 is 15.9 Å². The van der Waals surface area contributed by atoms with Gasteiger partial charge in [-0.2, -0.15) is 0 Å². The molecular formula is C25H38BrNO3S. The third-order valence-electron chi connectivity index (χ3n) is 7.16. The van der Waals surface area contributed by atoms with Gasteiger partial charge in [0.2, 0.25) is 0 Å². The Kier molecular flexibility index (Phi) is 7.30. The Morgan fingerprint density at radius 1 is 1.29 bits per heavy atom. The molecule has 6 heteroatoms. The molecule has 174 valence electrons. The lowest BCUT2D eigenvalue weighted by molar-refractivity contribution is -0.0803. The molecule has 1 fully saturated rings. The van der Waals surface area contributed by atoms with Crippen molar-refractivity contribution < 1.29 is 14.0 Å². The van der Waals surface area contributed by atoms with Crippen LogP contribution in [0.25, 0.3) is 0 Å². The van der Waals surface area contributed by atoms with E-state index in [2.05, 4.69) is 59.3 Å². The predicted octanol–water partition coefficient (Wildman–Crippen LogP) is 5.87. The van der Waals surface area contributed by atoms with Crippen molar-refractivity contribution in [1.29, 1.82) is 0 Å². The van der Waals surface area contributed by atoms with Crippen LogP contribution in [-0.4, -0.2) is 29.1 Å². The first-order valence-corrected chi connectivity index (χ1v) is 13.2. The number of ether oxygens (including phenoxy) is 2. The Labute approximate surface area is 200 Å². The number of methoxy groups -OCH3 is 1. The van der Waals surface area contributed by atoms with Gasteiger partial charge in [0.1, 0.15) is 10.5 Å². The molecule has 0 radical (unpaired) electrons. The highest BCUT2D eigenvalue weighted by Crippen LogP contribution is 2.63. The van der Waals surface area contributed by atoms with Gasteiger partial charge in [0.05, 0.1) is 12.7 Å². The van der Waals surface area contributed by atoms with E-state index in [9.17, 15) is 4.55 Å². The van der Waals surface area contributed by atoms with Gasteiger partial charge in [0, 0.05) is 28.4 Å². The molecule has 0 heterocycles. The van der Waals surface area contributed by atoms with Crippen molar-refractivity contribution in [3.05, 3.63) is 46.1 Å². The number of hydrogen-bond donors (Lipinski definition) is 1. The molecule has 4 nitrogen and oxygen atoms in total. The fourth-order valence-corrected chi connectivity index (χ4v) is 7.49. The van der Waals surface area contributed by atoms with E-state index >= 15 is 0 Å². The molecule has 2 aliphatic carbocycles. The molecule has 0 bridgehead atoms. The summed E-state index contributed by atoms with van der Waals surface area (Å²) in [5, 5.41) is 0. The Hall–Kier alpha value is -0.530. The number of fused-ring (bicyclic) bond motifs is 1. The van der Waals surface area contributed by atoms with Gasteiger partial charge in [0.25, 0.3) is 0 Å². The minimum Gasteiger partial charge on any atom is -0.598 e. The van der Waals surface area contributed by atoms with Gasteiger partial charge in [-0.05, 0) is 82.1 Å². The van der Waals surface area contributed by atoms with Gasteiger partial charge in [-0.15, -0.1) is 4.72 Å². The third-order valence-corrected chi connectivity index (χ3v) is 9.26. The van der Waals surface area contributed by atoms with E-state index in [1.54, 1.807) is 0 Å². The summed E-state index contributed by atoms with van der Waals surface area (Å²) in [6, 6.07) is 6.46. The molecule has 3 rings (SSSR count). The van der Waals surface area contributed by atoms with Crippen molar-refractivity contribution in [1.82, 2.24) is 4.72 Å². The fraction of sp³-hybridized carbons (Fsp3) is 0.680. The maximum atomic E-state index is 13.6. The quantitative estimate of drug-likeness (QED) is 0.383. The van der Waals surface area contributed by atoms with Crippen molar-refractivity contribution in [3.63, 3.8) is 0 Å². The molecule has 0 unspecified atom stereocenters. The van der Waals surface area contributed by atoms with E-state index in [1.165, 1.54) is 5.56 Å². The Balaban J connectivity index is 2.25. The molecule has 1 aromatic rings. The lowest BCUT2D eigenvalue weighted by atomic mass is 9.56. The Bertz CT molecular complexity index is 811. The molecule has 1 N–H and O–H groups in total. The lowest BCUT2D eigenvalue weighted by Gasteiger charge is -2.54. The topological polar surface area (TPSA) is 53.5 Å². The maximum Gasteiger partial charge on any atom is 0.151 e. The van der Waals surface area contributed by atoms with Gasteiger partial charge in [-0.25, -0.2) is 0 Å².